The average molecular weight is 340 g/mol. The van der Waals surface area contributed by atoms with Crippen molar-refractivity contribution in [1.29, 1.82) is 0 Å². The van der Waals surface area contributed by atoms with E-state index in [2.05, 4.69) is 59.5 Å². The number of aryl methyl sites for hydroxylation is 1. The van der Waals surface area contributed by atoms with E-state index < -0.39 is 0 Å². The van der Waals surface area contributed by atoms with Crippen LogP contribution in [0.1, 0.15) is 23.6 Å². The lowest BCUT2D eigenvalue weighted by molar-refractivity contribution is 1.13. The lowest BCUT2D eigenvalue weighted by atomic mass is 10.0. The molecule has 0 bridgehead atoms. The van der Waals surface area contributed by atoms with Gasteiger partial charge in [-0.3, -0.25) is 4.98 Å². The summed E-state index contributed by atoms with van der Waals surface area (Å²) in [5.74, 6) is 6.47. The van der Waals surface area contributed by atoms with Gasteiger partial charge >= 0.3 is 0 Å². The average Bonchev–Trinajstić information content (AvgIpc) is 3.08. The van der Waals surface area contributed by atoms with Crippen LogP contribution >= 0.6 is 11.3 Å². The van der Waals surface area contributed by atoms with Crippen LogP contribution in [0.15, 0.2) is 66.3 Å². The lowest BCUT2D eigenvalue weighted by Crippen LogP contribution is -1.92. The molecule has 0 unspecified atom stereocenters. The molecule has 4 rings (SSSR count). The molecule has 0 atom stereocenters. The monoisotopic (exact) mass is 340 g/mol. The number of benzene rings is 1. The molecular formula is C22H16N2S. The molecule has 0 aliphatic rings. The summed E-state index contributed by atoms with van der Waals surface area (Å²) in [6.07, 6.45) is 4.48. The van der Waals surface area contributed by atoms with Crippen molar-refractivity contribution in [2.24, 2.45) is 0 Å². The molecule has 120 valence electrons. The van der Waals surface area contributed by atoms with Gasteiger partial charge in [0.25, 0.3) is 0 Å². The third kappa shape index (κ3) is 3.17. The molecule has 4 aromatic rings. The van der Waals surface area contributed by atoms with Crippen LogP contribution in [0.3, 0.4) is 0 Å². The Hall–Kier alpha value is -2.96. The highest BCUT2D eigenvalue weighted by Crippen LogP contribution is 2.31. The van der Waals surface area contributed by atoms with Gasteiger partial charge in [-0.1, -0.05) is 49.1 Å². The minimum atomic E-state index is 0.961. The van der Waals surface area contributed by atoms with Crippen molar-refractivity contribution in [3.8, 4) is 23.1 Å². The topological polar surface area (TPSA) is 25.8 Å². The third-order valence-corrected chi connectivity index (χ3v) is 4.99. The van der Waals surface area contributed by atoms with E-state index in [-0.39, 0.29) is 0 Å². The lowest BCUT2D eigenvalue weighted by Gasteiger charge is -2.07. The Morgan fingerprint density at radius 1 is 1.00 bits per heavy atom. The maximum atomic E-state index is 4.98. The molecule has 25 heavy (non-hydrogen) atoms. The van der Waals surface area contributed by atoms with E-state index in [4.69, 9.17) is 4.98 Å². The van der Waals surface area contributed by atoms with Crippen molar-refractivity contribution in [2.45, 2.75) is 13.3 Å². The molecule has 3 aromatic heterocycles. The van der Waals surface area contributed by atoms with E-state index in [1.165, 1.54) is 10.3 Å². The molecule has 0 radical (unpaired) electrons. The van der Waals surface area contributed by atoms with Gasteiger partial charge in [-0.2, -0.15) is 0 Å². The van der Waals surface area contributed by atoms with Crippen LogP contribution in [-0.2, 0) is 6.42 Å². The molecule has 0 aliphatic carbocycles. The van der Waals surface area contributed by atoms with Crippen molar-refractivity contribution in [3.63, 3.8) is 0 Å². The van der Waals surface area contributed by atoms with Crippen LogP contribution in [0.4, 0.5) is 0 Å². The fraction of sp³-hybridized carbons (Fsp3) is 0.0909. The Bertz CT molecular complexity index is 1070. The summed E-state index contributed by atoms with van der Waals surface area (Å²) < 4.78 is 1.19. The van der Waals surface area contributed by atoms with Gasteiger partial charge in [-0.15, -0.1) is 11.3 Å². The Labute approximate surface area is 151 Å². The first-order valence-electron chi connectivity index (χ1n) is 8.23. The molecular weight excluding hydrogens is 324 g/mol. The molecule has 3 heterocycles. The Balaban J connectivity index is 1.84. The number of pyridine rings is 2. The van der Waals surface area contributed by atoms with Crippen molar-refractivity contribution in [3.05, 3.63) is 83.0 Å². The summed E-state index contributed by atoms with van der Waals surface area (Å²) in [6.45, 7) is 2.17. The third-order valence-electron chi connectivity index (χ3n) is 4.08. The second-order valence-corrected chi connectivity index (χ2v) is 6.61. The molecule has 0 amide bonds. The Kier molecular flexibility index (Phi) is 4.28. The van der Waals surface area contributed by atoms with Crippen LogP contribution in [0.5, 0.6) is 0 Å². The van der Waals surface area contributed by atoms with E-state index >= 15 is 0 Å². The highest BCUT2D eigenvalue weighted by atomic mass is 32.1. The molecule has 0 N–H and O–H groups in total. The zero-order valence-corrected chi connectivity index (χ0v) is 14.7. The van der Waals surface area contributed by atoms with Crippen LogP contribution in [0.25, 0.3) is 21.5 Å². The first-order chi connectivity index (χ1) is 12.3. The number of nitrogens with zero attached hydrogens (tertiary/aromatic N) is 2. The number of aromatic nitrogens is 2. The first-order valence-corrected chi connectivity index (χ1v) is 9.11. The molecule has 0 saturated heterocycles. The summed E-state index contributed by atoms with van der Waals surface area (Å²) >= 11 is 1.71. The number of hydrogen-bond donors (Lipinski definition) is 0. The normalized spacial score (nSPS) is 10.4. The predicted molar refractivity (Wildman–Crippen MR) is 105 cm³/mol. The summed E-state index contributed by atoms with van der Waals surface area (Å²) in [6, 6.07) is 16.5. The van der Waals surface area contributed by atoms with Crippen molar-refractivity contribution < 1.29 is 0 Å². The molecule has 2 nitrogen and oxygen atoms in total. The Morgan fingerprint density at radius 2 is 1.80 bits per heavy atom. The van der Waals surface area contributed by atoms with E-state index in [1.807, 2.05) is 18.2 Å². The number of fused-ring (bicyclic) bond motifs is 1. The van der Waals surface area contributed by atoms with Gasteiger partial charge in [0.05, 0.1) is 21.5 Å². The summed E-state index contributed by atoms with van der Waals surface area (Å²) in [4.78, 5) is 9.01. The van der Waals surface area contributed by atoms with Crippen molar-refractivity contribution >= 4 is 21.6 Å². The highest BCUT2D eigenvalue weighted by molar-refractivity contribution is 7.17. The second kappa shape index (κ2) is 6.88. The molecule has 0 saturated carbocycles. The van der Waals surface area contributed by atoms with Gasteiger partial charge in [-0.05, 0) is 30.2 Å². The maximum absolute atomic E-state index is 4.98. The molecule has 3 heteroatoms. The van der Waals surface area contributed by atoms with Gasteiger partial charge in [-0.25, -0.2) is 4.98 Å². The van der Waals surface area contributed by atoms with E-state index in [0.717, 1.165) is 34.3 Å². The SMILES string of the molecule is CCc1cc2scc(C#Cc3ccncc3)c2nc1-c1ccccc1. The smallest absolute Gasteiger partial charge is 0.0974 e. The fourth-order valence-electron chi connectivity index (χ4n) is 2.77. The predicted octanol–water partition coefficient (Wildman–Crippen LogP) is 5.32. The minimum absolute atomic E-state index is 0.961. The van der Waals surface area contributed by atoms with Gasteiger partial charge in [0, 0.05) is 28.9 Å². The van der Waals surface area contributed by atoms with Gasteiger partial charge in [0.2, 0.25) is 0 Å². The van der Waals surface area contributed by atoms with E-state index in [9.17, 15) is 0 Å². The van der Waals surface area contributed by atoms with Crippen LogP contribution in [0.2, 0.25) is 0 Å². The zero-order chi connectivity index (χ0) is 17.1. The van der Waals surface area contributed by atoms with Crippen molar-refractivity contribution in [2.75, 3.05) is 0 Å². The molecule has 1 aromatic carbocycles. The zero-order valence-electron chi connectivity index (χ0n) is 13.9. The van der Waals surface area contributed by atoms with Crippen LogP contribution in [0, 0.1) is 11.8 Å². The standard InChI is InChI=1S/C22H16N2S/c1-2-17-14-20-22(24-21(17)18-6-4-3-5-7-18)19(15-25-20)9-8-16-10-12-23-13-11-16/h3-7,10-15H,2H2,1H3. The maximum Gasteiger partial charge on any atom is 0.0974 e. The fourth-order valence-corrected chi connectivity index (χ4v) is 3.67. The number of rotatable bonds is 2. The molecule has 0 fully saturated rings. The summed E-state index contributed by atoms with van der Waals surface area (Å²) in [7, 11) is 0. The minimum Gasteiger partial charge on any atom is -0.265 e. The summed E-state index contributed by atoms with van der Waals surface area (Å²) in [5, 5.41) is 2.10. The Morgan fingerprint density at radius 3 is 2.56 bits per heavy atom. The van der Waals surface area contributed by atoms with Crippen LogP contribution < -0.4 is 0 Å². The molecule has 0 spiro atoms. The second-order valence-electron chi connectivity index (χ2n) is 5.70. The van der Waals surface area contributed by atoms with Crippen LogP contribution in [-0.4, -0.2) is 9.97 Å². The largest absolute Gasteiger partial charge is 0.265 e. The van der Waals surface area contributed by atoms with Gasteiger partial charge < -0.3 is 0 Å². The number of thiophene rings is 1. The number of hydrogen-bond acceptors (Lipinski definition) is 3. The van der Waals surface area contributed by atoms with E-state index in [1.54, 1.807) is 23.7 Å². The molecule has 0 aliphatic heterocycles. The summed E-state index contributed by atoms with van der Waals surface area (Å²) in [5.41, 5.74) is 6.41. The highest BCUT2D eigenvalue weighted by Gasteiger charge is 2.11. The van der Waals surface area contributed by atoms with Gasteiger partial charge in [0.1, 0.15) is 0 Å². The van der Waals surface area contributed by atoms with Gasteiger partial charge in [0.15, 0.2) is 0 Å². The first kappa shape index (κ1) is 15.6. The quantitative estimate of drug-likeness (QED) is 0.462. The van der Waals surface area contributed by atoms with Crippen molar-refractivity contribution in [1.82, 2.24) is 9.97 Å². The van der Waals surface area contributed by atoms with E-state index in [0.29, 0.717) is 0 Å².